The summed E-state index contributed by atoms with van der Waals surface area (Å²) in [6.45, 7) is 0. The smallest absolute Gasteiger partial charge is 0.119 e. The summed E-state index contributed by atoms with van der Waals surface area (Å²) in [4.78, 5) is 0.866. The van der Waals surface area contributed by atoms with E-state index in [0.29, 0.717) is 29.9 Å². The first kappa shape index (κ1) is 18.0. The van der Waals surface area contributed by atoms with E-state index in [4.69, 9.17) is 69.6 Å². The Bertz CT molecular complexity index is 734. The Labute approximate surface area is 157 Å². The molecule has 0 radical (unpaired) electrons. The predicted octanol–water partition coefficient (Wildman–Crippen LogP) is 7.42. The third-order valence-corrected chi connectivity index (χ3v) is 7.49. The van der Waals surface area contributed by atoms with Crippen LogP contribution in [0.4, 0.5) is 0 Å². The SMILES string of the molecule is O=S(Sc1cc(Cl)c(Cl)cc1Cl)c1cc(Cl)c(Cl)cc1Cl. The molecule has 0 saturated carbocycles. The van der Waals surface area contributed by atoms with Crippen molar-refractivity contribution in [1.29, 1.82) is 0 Å². The maximum Gasteiger partial charge on any atom is 0.119 e. The molecule has 1 unspecified atom stereocenters. The quantitative estimate of drug-likeness (QED) is 0.364. The van der Waals surface area contributed by atoms with E-state index in [0.717, 1.165) is 10.8 Å². The van der Waals surface area contributed by atoms with Gasteiger partial charge in [-0.15, -0.1) is 0 Å². The molecule has 0 saturated heterocycles. The van der Waals surface area contributed by atoms with Crippen LogP contribution in [0.3, 0.4) is 0 Å². The summed E-state index contributed by atoms with van der Waals surface area (Å²) in [5.41, 5.74) is 0. The summed E-state index contributed by atoms with van der Waals surface area (Å²) in [5.74, 6) is 0. The van der Waals surface area contributed by atoms with Gasteiger partial charge in [0.15, 0.2) is 0 Å². The summed E-state index contributed by atoms with van der Waals surface area (Å²) in [7, 11) is -0.548. The molecule has 0 aliphatic carbocycles. The fourth-order valence-electron chi connectivity index (χ4n) is 1.33. The van der Waals surface area contributed by atoms with Gasteiger partial charge in [0.1, 0.15) is 9.83 Å². The highest BCUT2D eigenvalue weighted by atomic mass is 35.5. The molecule has 0 aliphatic rings. The van der Waals surface area contributed by atoms with Crippen molar-refractivity contribution in [2.75, 3.05) is 0 Å². The number of halogens is 6. The summed E-state index contributed by atoms with van der Waals surface area (Å²) in [6.07, 6.45) is 0. The number of hydrogen-bond acceptors (Lipinski definition) is 2. The Hall–Kier alpha value is 0.680. The van der Waals surface area contributed by atoms with Gasteiger partial charge in [-0.25, -0.2) is 4.21 Å². The van der Waals surface area contributed by atoms with E-state index in [9.17, 15) is 4.21 Å². The average Bonchev–Trinajstić information content (AvgIpc) is 2.40. The lowest BCUT2D eigenvalue weighted by atomic mass is 10.4. The van der Waals surface area contributed by atoms with Gasteiger partial charge in [-0.1, -0.05) is 69.6 Å². The second kappa shape index (κ2) is 7.50. The van der Waals surface area contributed by atoms with Gasteiger partial charge in [0.2, 0.25) is 0 Å². The van der Waals surface area contributed by atoms with Crippen LogP contribution in [0.15, 0.2) is 34.1 Å². The lowest BCUT2D eigenvalue weighted by Gasteiger charge is -2.08. The minimum absolute atomic E-state index is 0.256. The Kier molecular flexibility index (Phi) is 6.44. The summed E-state index contributed by atoms with van der Waals surface area (Å²) >= 11 is 35.6. The molecule has 0 bridgehead atoms. The van der Waals surface area contributed by atoms with Crippen LogP contribution < -0.4 is 0 Å². The van der Waals surface area contributed by atoms with Crippen LogP contribution in [-0.4, -0.2) is 4.21 Å². The molecule has 0 aromatic heterocycles. The normalized spacial score (nSPS) is 12.5. The van der Waals surface area contributed by atoms with Crippen molar-refractivity contribution in [3.63, 3.8) is 0 Å². The lowest BCUT2D eigenvalue weighted by Crippen LogP contribution is -1.89. The first-order chi connectivity index (χ1) is 9.79. The highest BCUT2D eigenvalue weighted by Gasteiger charge is 2.16. The lowest BCUT2D eigenvalue weighted by molar-refractivity contribution is 0.691. The van der Waals surface area contributed by atoms with Gasteiger partial charge in [0, 0.05) is 4.90 Å². The van der Waals surface area contributed by atoms with E-state index in [2.05, 4.69) is 0 Å². The van der Waals surface area contributed by atoms with Crippen molar-refractivity contribution in [2.45, 2.75) is 9.79 Å². The van der Waals surface area contributed by atoms with Crippen molar-refractivity contribution in [2.24, 2.45) is 0 Å². The zero-order chi connectivity index (χ0) is 15.7. The predicted molar refractivity (Wildman–Crippen MR) is 95.2 cm³/mol. The number of hydrogen-bond donors (Lipinski definition) is 0. The number of rotatable bonds is 3. The molecule has 0 N–H and O–H groups in total. The highest BCUT2D eigenvalue weighted by molar-refractivity contribution is 8.69. The van der Waals surface area contributed by atoms with E-state index in [-0.39, 0.29) is 10.0 Å². The summed E-state index contributed by atoms with van der Waals surface area (Å²) < 4.78 is 12.4. The second-order valence-electron chi connectivity index (χ2n) is 3.71. The molecule has 1 atom stereocenters. The molecule has 9 heteroatoms. The fourth-order valence-corrected chi connectivity index (χ4v) is 5.73. The third-order valence-electron chi connectivity index (χ3n) is 2.29. The van der Waals surface area contributed by atoms with Crippen molar-refractivity contribution >= 4 is 90.2 Å². The van der Waals surface area contributed by atoms with Crippen LogP contribution in [0.25, 0.3) is 0 Å². The topological polar surface area (TPSA) is 17.1 Å². The zero-order valence-electron chi connectivity index (χ0n) is 9.80. The minimum Gasteiger partial charge on any atom is -0.242 e. The molecule has 2 rings (SSSR count). The molecular weight excluding hydrogens is 437 g/mol. The molecule has 2 aromatic rings. The summed E-state index contributed by atoms with van der Waals surface area (Å²) in [6, 6.07) is 5.93. The standard InChI is InChI=1S/C12H4Cl6OS2/c13-5-1-9(17)11(3-7(5)15)20-21(19)12-4-8(16)6(14)2-10(12)18/h1-4H. The van der Waals surface area contributed by atoms with Crippen molar-refractivity contribution in [3.8, 4) is 0 Å². The molecule has 2 aromatic carbocycles. The molecule has 112 valence electrons. The van der Waals surface area contributed by atoms with Gasteiger partial charge in [-0.3, -0.25) is 0 Å². The molecule has 0 heterocycles. The fraction of sp³-hybridized carbons (Fsp3) is 0. The second-order valence-corrected chi connectivity index (χ2v) is 9.08. The Morgan fingerprint density at radius 1 is 0.667 bits per heavy atom. The van der Waals surface area contributed by atoms with Crippen LogP contribution >= 0.6 is 80.4 Å². The Balaban J connectivity index is 2.35. The number of benzene rings is 2. The maximum atomic E-state index is 12.4. The van der Waals surface area contributed by atoms with Gasteiger partial charge >= 0.3 is 0 Å². The van der Waals surface area contributed by atoms with Gasteiger partial charge in [-0.05, 0) is 35.1 Å². The van der Waals surface area contributed by atoms with Crippen molar-refractivity contribution in [3.05, 3.63) is 54.4 Å². The van der Waals surface area contributed by atoms with E-state index in [1.807, 2.05) is 0 Å². The van der Waals surface area contributed by atoms with Crippen molar-refractivity contribution < 1.29 is 4.21 Å². The van der Waals surface area contributed by atoms with Crippen LogP contribution in [0.1, 0.15) is 0 Å². The maximum absolute atomic E-state index is 12.4. The summed E-state index contributed by atoms with van der Waals surface area (Å²) in [5, 5.41) is 1.81. The van der Waals surface area contributed by atoms with Crippen LogP contribution in [0.5, 0.6) is 0 Å². The van der Waals surface area contributed by atoms with Gasteiger partial charge in [0.05, 0.1) is 35.0 Å². The average molecular weight is 441 g/mol. The largest absolute Gasteiger partial charge is 0.242 e. The first-order valence-corrected chi connectivity index (χ1v) is 9.94. The van der Waals surface area contributed by atoms with E-state index in [1.54, 1.807) is 6.07 Å². The molecule has 0 amide bonds. The van der Waals surface area contributed by atoms with Gasteiger partial charge < -0.3 is 0 Å². The zero-order valence-corrected chi connectivity index (χ0v) is 16.0. The Morgan fingerprint density at radius 3 is 1.76 bits per heavy atom. The van der Waals surface area contributed by atoms with E-state index < -0.39 is 9.83 Å². The van der Waals surface area contributed by atoms with Crippen molar-refractivity contribution in [1.82, 2.24) is 0 Å². The van der Waals surface area contributed by atoms with Crippen LogP contribution in [0.2, 0.25) is 30.1 Å². The minimum atomic E-state index is -1.53. The molecule has 0 aliphatic heterocycles. The van der Waals surface area contributed by atoms with Gasteiger partial charge in [-0.2, -0.15) is 0 Å². The Morgan fingerprint density at radius 2 is 1.14 bits per heavy atom. The van der Waals surface area contributed by atoms with E-state index in [1.165, 1.54) is 18.2 Å². The van der Waals surface area contributed by atoms with Crippen LogP contribution in [-0.2, 0) is 9.83 Å². The van der Waals surface area contributed by atoms with E-state index >= 15 is 0 Å². The molecule has 0 fully saturated rings. The first-order valence-electron chi connectivity index (χ1n) is 5.18. The monoisotopic (exact) mass is 438 g/mol. The molecule has 21 heavy (non-hydrogen) atoms. The molecular formula is C12H4Cl6OS2. The third kappa shape index (κ3) is 4.36. The molecule has 0 spiro atoms. The highest BCUT2D eigenvalue weighted by Crippen LogP contribution is 2.40. The molecule has 1 nitrogen and oxygen atoms in total. The van der Waals surface area contributed by atoms with Gasteiger partial charge in [0.25, 0.3) is 0 Å². The van der Waals surface area contributed by atoms with Crippen LogP contribution in [0, 0.1) is 0 Å².